The van der Waals surface area contributed by atoms with Crippen LogP contribution in [-0.4, -0.2) is 51.3 Å². The Bertz CT molecular complexity index is 751. The van der Waals surface area contributed by atoms with Crippen LogP contribution >= 0.6 is 0 Å². The third-order valence-corrected chi connectivity index (χ3v) is 4.64. The summed E-state index contributed by atoms with van der Waals surface area (Å²) in [6, 6.07) is -0.938. The zero-order valence-electron chi connectivity index (χ0n) is 17.5. The van der Waals surface area contributed by atoms with Crippen LogP contribution in [0.2, 0.25) is 0 Å². The van der Waals surface area contributed by atoms with Crippen molar-refractivity contribution in [1.82, 2.24) is 9.80 Å². The Morgan fingerprint density at radius 1 is 0.714 bits per heavy atom. The number of amides is 2. The summed E-state index contributed by atoms with van der Waals surface area (Å²) in [5.74, 6) is -0.0661. The van der Waals surface area contributed by atoms with Crippen LogP contribution in [-0.2, 0) is 9.47 Å². The van der Waals surface area contributed by atoms with Crippen molar-refractivity contribution in [2.24, 2.45) is 5.92 Å². The van der Waals surface area contributed by atoms with E-state index in [9.17, 15) is 9.59 Å². The smallest absolute Gasteiger partial charge is 0.414 e. The second-order valence-electron chi connectivity index (χ2n) is 9.32. The van der Waals surface area contributed by atoms with E-state index >= 15 is 0 Å². The van der Waals surface area contributed by atoms with Gasteiger partial charge in [0.15, 0.2) is 0 Å². The molecule has 4 unspecified atom stereocenters. The zero-order chi connectivity index (χ0) is 20.7. The Balaban J connectivity index is 2.00. The minimum Gasteiger partial charge on any atom is -0.444 e. The van der Waals surface area contributed by atoms with E-state index in [2.05, 4.69) is 6.08 Å². The molecule has 0 saturated heterocycles. The van der Waals surface area contributed by atoms with E-state index in [0.717, 1.165) is 0 Å². The lowest BCUT2D eigenvalue weighted by molar-refractivity contribution is -0.000598. The molecule has 0 aliphatic carbocycles. The average molecular weight is 386 g/mol. The predicted octanol–water partition coefficient (Wildman–Crippen LogP) is 4.41. The number of nitrogens with zero attached hydrogens (tertiary/aromatic N) is 2. The van der Waals surface area contributed by atoms with Crippen molar-refractivity contribution >= 4 is 12.2 Å². The van der Waals surface area contributed by atoms with Crippen molar-refractivity contribution in [3.05, 3.63) is 48.7 Å². The Morgan fingerprint density at radius 2 is 1.29 bits per heavy atom. The second kappa shape index (κ2) is 7.15. The van der Waals surface area contributed by atoms with Gasteiger partial charge in [0.2, 0.25) is 0 Å². The molecule has 4 atom stereocenters. The van der Waals surface area contributed by atoms with E-state index in [1.807, 2.05) is 78.0 Å². The Kier molecular flexibility index (Phi) is 5.17. The third-order valence-electron chi connectivity index (χ3n) is 4.64. The number of hydrogen-bond donors (Lipinski definition) is 0. The van der Waals surface area contributed by atoms with E-state index in [-0.39, 0.29) is 24.0 Å². The standard InChI is InChI=1S/C22H30N2O4/c1-21(2,3)27-19(25)23-14-13-15-11-12-17(23)18-10-8-7-9-16(15)24(18)20(26)28-22(4,5)6/h7-18H,1-6H3. The number of hydrogen-bond acceptors (Lipinski definition) is 4. The topological polar surface area (TPSA) is 59.1 Å². The fourth-order valence-electron chi connectivity index (χ4n) is 3.58. The van der Waals surface area contributed by atoms with Gasteiger partial charge >= 0.3 is 12.2 Å². The molecule has 3 rings (SSSR count). The van der Waals surface area contributed by atoms with Crippen LogP contribution in [0.25, 0.3) is 0 Å². The average Bonchev–Trinajstić information content (AvgIpc) is 2.93. The summed E-state index contributed by atoms with van der Waals surface area (Å²) in [6.45, 7) is 11.1. The van der Waals surface area contributed by atoms with E-state index in [4.69, 9.17) is 9.47 Å². The summed E-state index contributed by atoms with van der Waals surface area (Å²) in [5, 5.41) is 0. The van der Waals surface area contributed by atoms with Crippen molar-refractivity contribution in [2.75, 3.05) is 0 Å². The van der Waals surface area contributed by atoms with E-state index in [0.29, 0.717) is 0 Å². The van der Waals surface area contributed by atoms with E-state index in [1.165, 1.54) is 0 Å². The van der Waals surface area contributed by atoms with E-state index < -0.39 is 23.4 Å². The van der Waals surface area contributed by atoms with Crippen LogP contribution < -0.4 is 0 Å². The molecule has 6 heteroatoms. The lowest BCUT2D eigenvalue weighted by atomic mass is 9.97. The normalized spacial score (nSPS) is 28.6. The van der Waals surface area contributed by atoms with Crippen LogP contribution in [0.1, 0.15) is 41.5 Å². The number of ether oxygens (including phenoxy) is 2. The quantitative estimate of drug-likeness (QED) is 0.579. The molecule has 0 aromatic rings. The molecule has 152 valence electrons. The van der Waals surface area contributed by atoms with Crippen LogP contribution in [0.4, 0.5) is 9.59 Å². The first-order valence-corrected chi connectivity index (χ1v) is 9.70. The van der Waals surface area contributed by atoms with Gasteiger partial charge in [0.05, 0.1) is 18.1 Å². The number of carbonyl (C=O) groups is 2. The maximum atomic E-state index is 13.1. The Labute approximate surface area is 167 Å². The van der Waals surface area contributed by atoms with Gasteiger partial charge in [0.25, 0.3) is 0 Å². The third kappa shape index (κ3) is 4.32. The van der Waals surface area contributed by atoms with Crippen LogP contribution in [0, 0.1) is 5.92 Å². The molecule has 3 aliphatic heterocycles. The first-order valence-electron chi connectivity index (χ1n) is 9.70. The van der Waals surface area contributed by atoms with Gasteiger partial charge in [-0.3, -0.25) is 9.80 Å². The predicted molar refractivity (Wildman–Crippen MR) is 108 cm³/mol. The fourth-order valence-corrected chi connectivity index (χ4v) is 3.58. The molecule has 28 heavy (non-hydrogen) atoms. The van der Waals surface area contributed by atoms with Crippen molar-refractivity contribution in [2.45, 2.75) is 70.9 Å². The highest BCUT2D eigenvalue weighted by molar-refractivity contribution is 5.73. The number of allylic oxidation sites excluding steroid dienone is 2. The zero-order valence-corrected chi connectivity index (χ0v) is 17.5. The Hall–Kier alpha value is -2.50. The van der Waals surface area contributed by atoms with Crippen LogP contribution in [0.3, 0.4) is 0 Å². The molecule has 0 radical (unpaired) electrons. The first kappa shape index (κ1) is 20.2. The highest BCUT2D eigenvalue weighted by atomic mass is 16.6. The van der Waals surface area contributed by atoms with Gasteiger partial charge < -0.3 is 9.47 Å². The molecule has 0 fully saturated rings. The summed E-state index contributed by atoms with van der Waals surface area (Å²) < 4.78 is 11.3. The molecule has 0 aromatic heterocycles. The molecular weight excluding hydrogens is 356 g/mol. The maximum absolute atomic E-state index is 13.1. The SMILES string of the molecule is CC(C)(C)OC(=O)N1C=CC2C=CC1C1C=CC=CC2N1C(=O)OC(C)(C)C. The van der Waals surface area contributed by atoms with Crippen LogP contribution in [0.5, 0.6) is 0 Å². The maximum Gasteiger partial charge on any atom is 0.414 e. The van der Waals surface area contributed by atoms with Crippen molar-refractivity contribution in [3.8, 4) is 0 Å². The molecule has 3 heterocycles. The molecule has 6 nitrogen and oxygen atoms in total. The lowest BCUT2D eigenvalue weighted by Crippen LogP contribution is -2.57. The molecule has 2 amide bonds. The molecule has 0 saturated carbocycles. The fraction of sp³-hybridized carbons (Fsp3) is 0.545. The molecule has 4 bridgehead atoms. The number of fused-ring (bicyclic) bond motifs is 6. The van der Waals surface area contributed by atoms with Gasteiger partial charge in [-0.2, -0.15) is 0 Å². The van der Waals surface area contributed by atoms with Gasteiger partial charge in [-0.25, -0.2) is 9.59 Å². The Morgan fingerprint density at radius 3 is 1.89 bits per heavy atom. The minimum absolute atomic E-state index is 0.0661. The van der Waals surface area contributed by atoms with Crippen molar-refractivity contribution in [1.29, 1.82) is 0 Å². The summed E-state index contributed by atoms with van der Waals surface area (Å²) in [5.41, 5.74) is -1.22. The van der Waals surface area contributed by atoms with Gasteiger partial charge in [-0.05, 0) is 41.5 Å². The molecule has 0 aromatic carbocycles. The summed E-state index contributed by atoms with van der Waals surface area (Å²) in [4.78, 5) is 29.3. The van der Waals surface area contributed by atoms with Gasteiger partial charge in [0.1, 0.15) is 11.2 Å². The highest BCUT2D eigenvalue weighted by Crippen LogP contribution is 2.34. The van der Waals surface area contributed by atoms with Crippen molar-refractivity contribution in [3.63, 3.8) is 0 Å². The first-order chi connectivity index (χ1) is 13.0. The second-order valence-corrected chi connectivity index (χ2v) is 9.32. The molecule has 0 spiro atoms. The molecular formula is C22H30N2O4. The monoisotopic (exact) mass is 386 g/mol. The van der Waals surface area contributed by atoms with Gasteiger partial charge in [-0.15, -0.1) is 0 Å². The number of rotatable bonds is 0. The van der Waals surface area contributed by atoms with E-state index in [1.54, 1.807) is 16.0 Å². The van der Waals surface area contributed by atoms with Crippen LogP contribution in [0.15, 0.2) is 48.7 Å². The highest BCUT2D eigenvalue weighted by Gasteiger charge is 2.44. The lowest BCUT2D eigenvalue weighted by Gasteiger charge is -2.42. The largest absolute Gasteiger partial charge is 0.444 e. The molecule has 0 N–H and O–H groups in total. The summed E-state index contributed by atoms with van der Waals surface area (Å²) >= 11 is 0. The van der Waals surface area contributed by atoms with Crippen molar-refractivity contribution < 1.29 is 19.1 Å². The number of carbonyl (C=O) groups excluding carboxylic acids is 2. The summed E-state index contributed by atoms with van der Waals surface area (Å²) in [7, 11) is 0. The summed E-state index contributed by atoms with van der Waals surface area (Å²) in [6.07, 6.45) is 14.7. The van der Waals surface area contributed by atoms with Gasteiger partial charge in [0, 0.05) is 12.1 Å². The van der Waals surface area contributed by atoms with Gasteiger partial charge in [-0.1, -0.05) is 42.5 Å². The molecule has 3 aliphatic rings. The minimum atomic E-state index is -0.608.